The Morgan fingerprint density at radius 2 is 0.706 bits per heavy atom. The maximum atomic E-state index is 13.5. The van der Waals surface area contributed by atoms with Gasteiger partial charge in [0.1, 0.15) is 0 Å². The second kappa shape index (κ2) is 8.67. The number of benzene rings is 4. The Balaban J connectivity index is 1.66. The van der Waals surface area contributed by atoms with Crippen molar-refractivity contribution in [1.82, 2.24) is 0 Å². The van der Waals surface area contributed by atoms with Crippen molar-refractivity contribution in [2.24, 2.45) is 0 Å². The summed E-state index contributed by atoms with van der Waals surface area (Å²) in [5.41, 5.74) is 2.21. The quantitative estimate of drug-likeness (QED) is 0.262. The highest BCUT2D eigenvalue weighted by Crippen LogP contribution is 2.40. The first-order valence-electron chi connectivity index (χ1n) is 10.5. The minimum Gasteiger partial charge on any atom is -0.166 e. The SMILES string of the molecule is Cc1ccc(-c2ccc(-c3ccc(-c4ccc(C)cc4C(F)(F)F)cc3)cc2)c(C(F)(F)F)c1. The maximum absolute atomic E-state index is 13.5. The molecule has 34 heavy (non-hydrogen) atoms. The Labute approximate surface area is 193 Å². The molecule has 0 saturated heterocycles. The van der Waals surface area contributed by atoms with Crippen LogP contribution in [0.1, 0.15) is 22.3 Å². The first-order chi connectivity index (χ1) is 15.9. The Bertz CT molecular complexity index is 1210. The predicted octanol–water partition coefficient (Wildman–Crippen LogP) is 9.34. The third kappa shape index (κ3) is 4.86. The molecule has 0 fully saturated rings. The monoisotopic (exact) mass is 470 g/mol. The van der Waals surface area contributed by atoms with E-state index in [9.17, 15) is 26.3 Å². The van der Waals surface area contributed by atoms with Crippen LogP contribution in [-0.2, 0) is 12.4 Å². The van der Waals surface area contributed by atoms with Gasteiger partial charge in [-0.1, -0.05) is 83.9 Å². The Morgan fingerprint density at radius 3 is 1.00 bits per heavy atom. The number of aryl methyl sites for hydroxylation is 2. The summed E-state index contributed by atoms with van der Waals surface area (Å²) < 4.78 is 80.9. The lowest BCUT2D eigenvalue weighted by molar-refractivity contribution is -0.137. The first kappa shape index (κ1) is 23.6. The number of hydrogen-bond acceptors (Lipinski definition) is 0. The summed E-state index contributed by atoms with van der Waals surface area (Å²) in [5.74, 6) is 0. The molecule has 0 nitrogen and oxygen atoms in total. The molecule has 0 aromatic heterocycles. The van der Waals surface area contributed by atoms with Gasteiger partial charge in [-0.25, -0.2) is 0 Å². The van der Waals surface area contributed by atoms with Crippen LogP contribution in [0.3, 0.4) is 0 Å². The largest absolute Gasteiger partial charge is 0.417 e. The van der Waals surface area contributed by atoms with Crippen LogP contribution < -0.4 is 0 Å². The molecule has 0 spiro atoms. The van der Waals surface area contributed by atoms with E-state index >= 15 is 0 Å². The molecule has 6 heteroatoms. The Morgan fingerprint density at radius 1 is 0.412 bits per heavy atom. The second-order valence-corrected chi connectivity index (χ2v) is 8.25. The van der Waals surface area contributed by atoms with Crippen molar-refractivity contribution in [3.8, 4) is 33.4 Å². The fourth-order valence-electron chi connectivity index (χ4n) is 3.97. The van der Waals surface area contributed by atoms with Gasteiger partial charge in [-0.3, -0.25) is 0 Å². The van der Waals surface area contributed by atoms with Crippen LogP contribution >= 0.6 is 0 Å². The van der Waals surface area contributed by atoms with E-state index in [0.717, 1.165) is 23.3 Å². The molecule has 0 radical (unpaired) electrons. The molecule has 4 aromatic carbocycles. The molecule has 0 bridgehead atoms. The number of hydrogen-bond donors (Lipinski definition) is 0. The third-order valence-corrected chi connectivity index (χ3v) is 5.69. The molecule has 0 aliphatic carbocycles. The Hall–Kier alpha value is -3.54. The van der Waals surface area contributed by atoms with Gasteiger partial charge in [0.15, 0.2) is 0 Å². The molecular formula is C28H20F6. The van der Waals surface area contributed by atoms with E-state index in [2.05, 4.69) is 0 Å². The topological polar surface area (TPSA) is 0 Å². The molecule has 0 aliphatic heterocycles. The molecule has 0 heterocycles. The Kier molecular flexibility index (Phi) is 6.02. The molecule has 0 unspecified atom stereocenters. The average molecular weight is 470 g/mol. The van der Waals surface area contributed by atoms with Gasteiger partial charge in [0, 0.05) is 0 Å². The van der Waals surface area contributed by atoms with Crippen molar-refractivity contribution < 1.29 is 26.3 Å². The highest BCUT2D eigenvalue weighted by Gasteiger charge is 2.34. The summed E-state index contributed by atoms with van der Waals surface area (Å²) >= 11 is 0. The summed E-state index contributed by atoms with van der Waals surface area (Å²) in [5, 5.41) is 0. The van der Waals surface area contributed by atoms with Crippen LogP contribution in [0, 0.1) is 13.8 Å². The average Bonchev–Trinajstić information content (AvgIpc) is 2.78. The van der Waals surface area contributed by atoms with Crippen molar-refractivity contribution in [3.05, 3.63) is 107 Å². The summed E-state index contributed by atoms with van der Waals surface area (Å²) in [6.07, 6.45) is -8.94. The molecule has 0 amide bonds. The fourth-order valence-corrected chi connectivity index (χ4v) is 3.97. The van der Waals surface area contributed by atoms with Gasteiger partial charge in [0.2, 0.25) is 0 Å². The molecule has 0 atom stereocenters. The van der Waals surface area contributed by atoms with E-state index in [-0.39, 0.29) is 11.1 Å². The van der Waals surface area contributed by atoms with Gasteiger partial charge >= 0.3 is 12.4 Å². The molecule has 0 saturated carbocycles. The van der Waals surface area contributed by atoms with E-state index in [1.807, 2.05) is 0 Å². The zero-order chi connectivity index (χ0) is 24.7. The maximum Gasteiger partial charge on any atom is 0.417 e. The summed E-state index contributed by atoms with van der Waals surface area (Å²) in [6, 6.07) is 21.7. The zero-order valence-corrected chi connectivity index (χ0v) is 18.4. The minimum atomic E-state index is -4.47. The number of rotatable bonds is 3. The van der Waals surface area contributed by atoms with Crippen molar-refractivity contribution in [3.63, 3.8) is 0 Å². The second-order valence-electron chi connectivity index (χ2n) is 8.25. The van der Waals surface area contributed by atoms with Crippen molar-refractivity contribution in [1.29, 1.82) is 0 Å². The van der Waals surface area contributed by atoms with Crippen molar-refractivity contribution in [2.75, 3.05) is 0 Å². The molecule has 0 N–H and O–H groups in total. The highest BCUT2D eigenvalue weighted by atomic mass is 19.4. The lowest BCUT2D eigenvalue weighted by Gasteiger charge is -2.15. The van der Waals surface area contributed by atoms with E-state index < -0.39 is 23.5 Å². The van der Waals surface area contributed by atoms with Crippen LogP contribution in [0.2, 0.25) is 0 Å². The first-order valence-corrected chi connectivity index (χ1v) is 10.5. The van der Waals surface area contributed by atoms with Gasteiger partial charge < -0.3 is 0 Å². The highest BCUT2D eigenvalue weighted by molar-refractivity contribution is 5.75. The lowest BCUT2D eigenvalue weighted by atomic mass is 9.94. The van der Waals surface area contributed by atoms with Gasteiger partial charge in [0.25, 0.3) is 0 Å². The van der Waals surface area contributed by atoms with Crippen LogP contribution in [0.15, 0.2) is 84.9 Å². The van der Waals surface area contributed by atoms with E-state index in [1.165, 1.54) is 12.1 Å². The summed E-state index contributed by atoms with van der Waals surface area (Å²) in [4.78, 5) is 0. The zero-order valence-electron chi connectivity index (χ0n) is 18.4. The molecule has 4 aromatic rings. The number of alkyl halides is 6. The smallest absolute Gasteiger partial charge is 0.166 e. The molecular weight excluding hydrogens is 450 g/mol. The van der Waals surface area contributed by atoms with Crippen LogP contribution in [0.4, 0.5) is 26.3 Å². The number of halogens is 6. The molecule has 4 rings (SSSR count). The summed E-state index contributed by atoms with van der Waals surface area (Å²) in [6.45, 7) is 3.22. The lowest BCUT2D eigenvalue weighted by Crippen LogP contribution is -2.07. The predicted molar refractivity (Wildman–Crippen MR) is 122 cm³/mol. The van der Waals surface area contributed by atoms with Gasteiger partial charge in [-0.15, -0.1) is 0 Å². The minimum absolute atomic E-state index is 0.0963. The molecule has 0 aliphatic rings. The summed E-state index contributed by atoms with van der Waals surface area (Å²) in [7, 11) is 0. The van der Waals surface area contributed by atoms with Crippen LogP contribution in [0.5, 0.6) is 0 Å². The van der Waals surface area contributed by atoms with Gasteiger partial charge in [-0.2, -0.15) is 26.3 Å². The third-order valence-electron chi connectivity index (χ3n) is 5.69. The van der Waals surface area contributed by atoms with Gasteiger partial charge in [-0.05, 0) is 59.4 Å². The molecule has 174 valence electrons. The van der Waals surface area contributed by atoms with Crippen LogP contribution in [-0.4, -0.2) is 0 Å². The standard InChI is InChI=1S/C28H20F6/c1-17-3-13-23(25(15-17)27(29,30)31)21-9-5-19(6-10-21)20-7-11-22(12-8-20)24-14-4-18(2)16-26(24)28(32,33)34/h3-16H,1-2H3. The van der Waals surface area contributed by atoms with Crippen molar-refractivity contribution in [2.45, 2.75) is 26.2 Å². The van der Waals surface area contributed by atoms with Gasteiger partial charge in [0.05, 0.1) is 11.1 Å². The van der Waals surface area contributed by atoms with E-state index in [1.54, 1.807) is 74.5 Å². The van der Waals surface area contributed by atoms with Crippen molar-refractivity contribution >= 4 is 0 Å². The fraction of sp³-hybridized carbons (Fsp3) is 0.143. The normalized spacial score (nSPS) is 12.1. The van der Waals surface area contributed by atoms with E-state index in [4.69, 9.17) is 0 Å². The van der Waals surface area contributed by atoms with E-state index in [0.29, 0.717) is 22.3 Å². The van der Waals surface area contributed by atoms with Crippen LogP contribution in [0.25, 0.3) is 33.4 Å².